The minimum Gasteiger partial charge on any atom is -0.144 e. The van der Waals surface area contributed by atoms with Crippen LogP contribution < -0.4 is 4.50 Å². The lowest BCUT2D eigenvalue weighted by Gasteiger charge is -2.42. The first-order chi connectivity index (χ1) is 14.2. The van der Waals surface area contributed by atoms with Crippen LogP contribution in [0.25, 0.3) is 31.3 Å². The molecule has 30 heavy (non-hydrogen) atoms. The highest BCUT2D eigenvalue weighted by Gasteiger charge is 2.45. The summed E-state index contributed by atoms with van der Waals surface area (Å²) < 4.78 is 5.50. The van der Waals surface area contributed by atoms with Crippen LogP contribution in [0.4, 0.5) is 0 Å². The monoisotopic (exact) mass is 534 g/mol. The fraction of sp³-hybridized carbons (Fsp3) is 0.360. The van der Waals surface area contributed by atoms with Crippen molar-refractivity contribution >= 4 is 83.0 Å². The van der Waals surface area contributed by atoms with Crippen LogP contribution in [0.3, 0.4) is 0 Å². The van der Waals surface area contributed by atoms with Gasteiger partial charge in [0.25, 0.3) is 0 Å². The molecule has 0 nitrogen and oxygen atoms in total. The van der Waals surface area contributed by atoms with Gasteiger partial charge in [0.15, 0.2) is 0 Å². The summed E-state index contributed by atoms with van der Waals surface area (Å²) in [5.74, 6) is 0. The van der Waals surface area contributed by atoms with E-state index < -0.39 is 8.07 Å². The van der Waals surface area contributed by atoms with Gasteiger partial charge in [-0.2, -0.15) is 0 Å². The molecule has 158 valence electrons. The fourth-order valence-electron chi connectivity index (χ4n) is 5.63. The lowest BCUT2D eigenvalue weighted by Crippen LogP contribution is -2.54. The highest BCUT2D eigenvalue weighted by Crippen LogP contribution is 2.46. The van der Waals surface area contributed by atoms with Crippen molar-refractivity contribution in [2.45, 2.75) is 58.2 Å². The molecule has 5 heteroatoms. The Morgan fingerprint density at radius 1 is 0.800 bits per heavy atom. The zero-order chi connectivity index (χ0) is 21.8. The lowest BCUT2D eigenvalue weighted by molar-refractivity contribution is 0.837. The van der Waals surface area contributed by atoms with Crippen LogP contribution in [0.5, 0.6) is 0 Å². The summed E-state index contributed by atoms with van der Waals surface area (Å²) in [4.78, 5) is 0. The predicted octanol–water partition coefficient (Wildman–Crippen LogP) is 10.1. The number of benzene rings is 2. The minimum atomic E-state index is -1.70. The van der Waals surface area contributed by atoms with Crippen molar-refractivity contribution in [1.82, 2.24) is 0 Å². The van der Waals surface area contributed by atoms with E-state index >= 15 is 0 Å². The zero-order valence-corrected chi connectivity index (χ0v) is 23.3. The first kappa shape index (κ1) is 22.5. The second-order valence-electron chi connectivity index (χ2n) is 9.10. The molecule has 0 saturated heterocycles. The fourth-order valence-corrected chi connectivity index (χ4v) is 17.5. The Balaban J connectivity index is 2.04. The SMILES string of the molecule is CC(C)[Si](c1cc2c(-c3ccc(Cl)c4ccsc34)ccc(Br)c2s1)(C(C)C)C(C)C. The molecule has 4 aromatic rings. The van der Waals surface area contributed by atoms with Gasteiger partial charge in [-0.25, -0.2) is 0 Å². The van der Waals surface area contributed by atoms with E-state index in [-0.39, 0.29) is 0 Å². The second kappa shape index (κ2) is 8.36. The van der Waals surface area contributed by atoms with E-state index in [1.54, 1.807) is 15.8 Å². The van der Waals surface area contributed by atoms with Crippen LogP contribution in [0.1, 0.15) is 41.5 Å². The first-order valence-corrected chi connectivity index (χ1v) is 15.7. The van der Waals surface area contributed by atoms with Gasteiger partial charge in [0.2, 0.25) is 0 Å². The third kappa shape index (κ3) is 3.34. The quantitative estimate of drug-likeness (QED) is 0.223. The molecule has 0 N–H and O–H groups in total. The van der Waals surface area contributed by atoms with Crippen molar-refractivity contribution in [2.24, 2.45) is 0 Å². The van der Waals surface area contributed by atoms with Crippen LogP contribution in [0.15, 0.2) is 46.3 Å². The van der Waals surface area contributed by atoms with E-state index in [4.69, 9.17) is 11.6 Å². The molecule has 0 fully saturated rings. The summed E-state index contributed by atoms with van der Waals surface area (Å²) in [5, 5.41) is 5.50. The number of fused-ring (bicyclic) bond motifs is 2. The standard InChI is InChI=1S/C25H28BrClS2Si/c1-14(2)30(15(3)4,16(5)6)23-13-20-17(7-9-21(26)25(20)29-23)18-8-10-22(27)19-11-12-28-24(18)19/h7-16H,1-6H3. The summed E-state index contributed by atoms with van der Waals surface area (Å²) in [6.45, 7) is 14.7. The molecule has 0 radical (unpaired) electrons. The molecule has 4 rings (SSSR count). The van der Waals surface area contributed by atoms with E-state index in [1.807, 2.05) is 17.4 Å². The maximum atomic E-state index is 6.48. The maximum Gasteiger partial charge on any atom is 0.107 e. The van der Waals surface area contributed by atoms with Gasteiger partial charge >= 0.3 is 0 Å². The summed E-state index contributed by atoms with van der Waals surface area (Å²) in [5.41, 5.74) is 4.71. The molecule has 0 amide bonds. The Hall–Kier alpha value is -0.653. The van der Waals surface area contributed by atoms with E-state index in [0.29, 0.717) is 16.6 Å². The number of hydrogen-bond acceptors (Lipinski definition) is 2. The Morgan fingerprint density at radius 3 is 2.07 bits per heavy atom. The molecule has 0 spiro atoms. The second-order valence-corrected chi connectivity index (χ2v) is 18.6. The minimum absolute atomic E-state index is 0.701. The van der Waals surface area contributed by atoms with Gasteiger partial charge < -0.3 is 0 Å². The lowest BCUT2D eigenvalue weighted by atomic mass is 10.0. The van der Waals surface area contributed by atoms with E-state index in [0.717, 1.165) is 10.4 Å². The molecule has 0 unspecified atom stereocenters. The molecule has 0 atom stereocenters. The van der Waals surface area contributed by atoms with Crippen molar-refractivity contribution in [3.63, 3.8) is 0 Å². The van der Waals surface area contributed by atoms with Crippen LogP contribution in [-0.2, 0) is 0 Å². The van der Waals surface area contributed by atoms with Gasteiger partial charge in [0, 0.05) is 35.2 Å². The average molecular weight is 536 g/mol. The Morgan fingerprint density at radius 2 is 1.43 bits per heavy atom. The molecule has 0 bridgehead atoms. The highest BCUT2D eigenvalue weighted by molar-refractivity contribution is 9.10. The molecular weight excluding hydrogens is 508 g/mol. The summed E-state index contributed by atoms with van der Waals surface area (Å²) >= 11 is 14.1. The van der Waals surface area contributed by atoms with Gasteiger partial charge in [0.05, 0.1) is 0 Å². The van der Waals surface area contributed by atoms with E-state index in [9.17, 15) is 0 Å². The molecule has 2 heterocycles. The number of rotatable bonds is 5. The van der Waals surface area contributed by atoms with Crippen molar-refractivity contribution in [3.8, 4) is 11.1 Å². The summed E-state index contributed by atoms with van der Waals surface area (Å²) in [7, 11) is -1.70. The van der Waals surface area contributed by atoms with Crippen LogP contribution in [0, 0.1) is 0 Å². The molecule has 0 aliphatic rings. The van der Waals surface area contributed by atoms with Gasteiger partial charge in [-0.15, -0.1) is 22.7 Å². The summed E-state index contributed by atoms with van der Waals surface area (Å²) in [6.07, 6.45) is 0. The number of thiophene rings is 2. The average Bonchev–Trinajstić information content (AvgIpc) is 3.31. The molecule has 2 aromatic heterocycles. The molecular formula is C25H28BrClS2Si. The Labute approximate surface area is 202 Å². The Bertz CT molecular complexity index is 1200. The number of hydrogen-bond donors (Lipinski definition) is 0. The third-order valence-electron chi connectivity index (χ3n) is 6.78. The van der Waals surface area contributed by atoms with Crippen LogP contribution in [-0.4, -0.2) is 8.07 Å². The normalized spacial score (nSPS) is 12.9. The summed E-state index contributed by atoms with van der Waals surface area (Å²) in [6, 6.07) is 13.4. The van der Waals surface area contributed by atoms with Crippen molar-refractivity contribution in [3.05, 3.63) is 51.3 Å². The molecule has 0 aliphatic carbocycles. The van der Waals surface area contributed by atoms with Crippen LogP contribution >= 0.6 is 50.2 Å². The van der Waals surface area contributed by atoms with Gasteiger partial charge in [-0.1, -0.05) is 65.3 Å². The van der Waals surface area contributed by atoms with Gasteiger partial charge in [-0.3, -0.25) is 0 Å². The van der Waals surface area contributed by atoms with E-state index in [1.165, 1.54) is 30.4 Å². The molecule has 2 aromatic carbocycles. The smallest absolute Gasteiger partial charge is 0.107 e. The zero-order valence-electron chi connectivity index (χ0n) is 18.3. The Kier molecular flexibility index (Phi) is 6.28. The highest BCUT2D eigenvalue weighted by atomic mass is 79.9. The van der Waals surface area contributed by atoms with E-state index in [2.05, 4.69) is 93.2 Å². The maximum absolute atomic E-state index is 6.48. The molecule has 0 aliphatic heterocycles. The van der Waals surface area contributed by atoms with Crippen molar-refractivity contribution in [1.29, 1.82) is 0 Å². The van der Waals surface area contributed by atoms with Crippen molar-refractivity contribution in [2.75, 3.05) is 0 Å². The number of halogens is 2. The first-order valence-electron chi connectivity index (χ1n) is 10.6. The van der Waals surface area contributed by atoms with Gasteiger partial charge in [-0.05, 0) is 72.3 Å². The molecule has 0 saturated carbocycles. The largest absolute Gasteiger partial charge is 0.144 e. The van der Waals surface area contributed by atoms with Gasteiger partial charge in [0.1, 0.15) is 8.07 Å². The topological polar surface area (TPSA) is 0 Å². The predicted molar refractivity (Wildman–Crippen MR) is 146 cm³/mol. The third-order valence-corrected chi connectivity index (χ3v) is 18.1. The van der Waals surface area contributed by atoms with Crippen LogP contribution in [0.2, 0.25) is 21.6 Å². The van der Waals surface area contributed by atoms with Crippen molar-refractivity contribution < 1.29 is 0 Å².